The van der Waals surface area contributed by atoms with Crippen molar-refractivity contribution in [1.29, 1.82) is 0 Å². The topological polar surface area (TPSA) is 41.1 Å². The number of hydrogen-bond acceptors (Lipinski definition) is 2. The van der Waals surface area contributed by atoms with Crippen LogP contribution >= 0.6 is 22.6 Å². The van der Waals surface area contributed by atoms with Crippen LogP contribution in [0, 0.1) is 3.57 Å². The highest BCUT2D eigenvalue weighted by molar-refractivity contribution is 14.1. The van der Waals surface area contributed by atoms with Crippen molar-refractivity contribution in [2.75, 3.05) is 13.6 Å². The Bertz CT molecular complexity index is 297. The van der Waals surface area contributed by atoms with E-state index in [-0.39, 0.29) is 5.91 Å². The van der Waals surface area contributed by atoms with Crippen LogP contribution in [0.5, 0.6) is 0 Å². The van der Waals surface area contributed by atoms with Gasteiger partial charge in [-0.3, -0.25) is 4.79 Å². The number of amides is 1. The van der Waals surface area contributed by atoms with Crippen molar-refractivity contribution in [2.24, 2.45) is 0 Å². The normalized spacial score (nSPS) is 9.86. The fraction of sp³-hybridized carbons (Fsp3) is 0.300. The minimum absolute atomic E-state index is 0.00973. The fourth-order valence-electron chi connectivity index (χ4n) is 1.01. The first-order valence-corrected chi connectivity index (χ1v) is 5.46. The summed E-state index contributed by atoms with van der Waals surface area (Å²) in [5, 5.41) is 5.62. The second kappa shape index (κ2) is 5.98. The lowest BCUT2D eigenvalue weighted by atomic mass is 10.2. The highest BCUT2D eigenvalue weighted by Gasteiger charge is 1.96. The van der Waals surface area contributed by atoms with Gasteiger partial charge in [-0.05, 0) is 40.3 Å². The molecule has 4 heteroatoms. The van der Waals surface area contributed by atoms with Crippen molar-refractivity contribution in [1.82, 2.24) is 10.6 Å². The predicted octanol–water partition coefficient (Wildman–Crippen LogP) is 1.13. The number of halogens is 1. The second-order valence-corrected chi connectivity index (χ2v) is 4.15. The van der Waals surface area contributed by atoms with Crippen LogP contribution in [-0.4, -0.2) is 19.5 Å². The summed E-state index contributed by atoms with van der Waals surface area (Å²) in [5.74, 6) is 0.00973. The van der Waals surface area contributed by atoms with Gasteiger partial charge < -0.3 is 10.6 Å². The number of rotatable bonds is 4. The molecule has 0 atom stereocenters. The Hall–Kier alpha value is -0.620. The first-order chi connectivity index (χ1) is 6.72. The summed E-state index contributed by atoms with van der Waals surface area (Å²) < 4.78 is 1.22. The first kappa shape index (κ1) is 11.5. The molecule has 0 fully saturated rings. The van der Waals surface area contributed by atoms with Crippen molar-refractivity contribution >= 4 is 28.5 Å². The number of nitrogens with one attached hydrogen (secondary N) is 2. The van der Waals surface area contributed by atoms with Crippen LogP contribution in [0.1, 0.15) is 5.56 Å². The lowest BCUT2D eigenvalue weighted by Crippen LogP contribution is -2.30. The summed E-state index contributed by atoms with van der Waals surface area (Å²) in [6, 6.07) is 8.21. The molecule has 0 saturated carbocycles. The van der Waals surface area contributed by atoms with Gasteiger partial charge in [-0.25, -0.2) is 0 Å². The van der Waals surface area contributed by atoms with Crippen LogP contribution in [0.4, 0.5) is 0 Å². The van der Waals surface area contributed by atoms with E-state index in [1.165, 1.54) is 9.13 Å². The van der Waals surface area contributed by atoms with Gasteiger partial charge in [0, 0.05) is 17.2 Å². The third-order valence-corrected chi connectivity index (χ3v) is 2.53. The molecule has 0 aliphatic heterocycles. The van der Waals surface area contributed by atoms with E-state index in [4.69, 9.17) is 0 Å². The Morgan fingerprint density at radius 2 is 2.00 bits per heavy atom. The molecule has 0 aromatic heterocycles. The maximum absolute atomic E-state index is 10.9. The minimum Gasteiger partial charge on any atom is -0.358 e. The molecule has 14 heavy (non-hydrogen) atoms. The van der Waals surface area contributed by atoms with E-state index in [2.05, 4.69) is 57.5 Å². The zero-order chi connectivity index (χ0) is 10.4. The van der Waals surface area contributed by atoms with Gasteiger partial charge in [-0.2, -0.15) is 0 Å². The molecular formula is C10H13IN2O. The molecule has 0 unspecified atom stereocenters. The van der Waals surface area contributed by atoms with E-state index in [0.29, 0.717) is 6.54 Å². The van der Waals surface area contributed by atoms with Crippen LogP contribution in [-0.2, 0) is 11.3 Å². The molecule has 1 amide bonds. The molecule has 3 nitrogen and oxygen atoms in total. The van der Waals surface area contributed by atoms with Gasteiger partial charge in [0.1, 0.15) is 0 Å². The highest BCUT2D eigenvalue weighted by Crippen LogP contribution is 2.05. The van der Waals surface area contributed by atoms with Gasteiger partial charge in [0.2, 0.25) is 5.91 Å². The quantitative estimate of drug-likeness (QED) is 0.819. The molecule has 0 aliphatic carbocycles. The molecule has 1 rings (SSSR count). The lowest BCUT2D eigenvalue weighted by molar-refractivity contribution is -0.119. The Morgan fingerprint density at radius 3 is 2.57 bits per heavy atom. The summed E-state index contributed by atoms with van der Waals surface area (Å²) in [4.78, 5) is 10.9. The van der Waals surface area contributed by atoms with E-state index >= 15 is 0 Å². The van der Waals surface area contributed by atoms with Crippen LogP contribution in [0.3, 0.4) is 0 Å². The SMILES string of the molecule is CNC(=O)CNCc1ccc(I)cc1. The van der Waals surface area contributed by atoms with Crippen LogP contribution in [0.15, 0.2) is 24.3 Å². The largest absolute Gasteiger partial charge is 0.358 e. The average molecular weight is 304 g/mol. The van der Waals surface area contributed by atoms with Gasteiger partial charge in [-0.15, -0.1) is 0 Å². The Morgan fingerprint density at radius 1 is 1.36 bits per heavy atom. The summed E-state index contributed by atoms with van der Waals surface area (Å²) in [6.45, 7) is 1.09. The summed E-state index contributed by atoms with van der Waals surface area (Å²) >= 11 is 2.27. The monoisotopic (exact) mass is 304 g/mol. The van der Waals surface area contributed by atoms with Crippen molar-refractivity contribution in [3.8, 4) is 0 Å². The van der Waals surface area contributed by atoms with Crippen LogP contribution in [0.2, 0.25) is 0 Å². The number of carbonyl (C=O) groups is 1. The third kappa shape index (κ3) is 4.06. The fourth-order valence-corrected chi connectivity index (χ4v) is 1.37. The average Bonchev–Trinajstić information content (AvgIpc) is 2.21. The molecule has 1 aromatic carbocycles. The van der Waals surface area contributed by atoms with E-state index in [9.17, 15) is 4.79 Å². The van der Waals surface area contributed by atoms with Crippen LogP contribution in [0.25, 0.3) is 0 Å². The van der Waals surface area contributed by atoms with Crippen molar-refractivity contribution in [2.45, 2.75) is 6.54 Å². The standard InChI is InChI=1S/C10H13IN2O/c1-12-10(14)7-13-6-8-2-4-9(11)5-3-8/h2-5,13H,6-7H2,1H3,(H,12,14). The van der Waals surface area contributed by atoms with Crippen molar-refractivity contribution in [3.05, 3.63) is 33.4 Å². The molecule has 1 aromatic rings. The summed E-state index contributed by atoms with van der Waals surface area (Å²) in [7, 11) is 1.63. The molecule has 0 heterocycles. The number of likely N-dealkylation sites (N-methyl/N-ethyl adjacent to an activating group) is 1. The lowest BCUT2D eigenvalue weighted by Gasteiger charge is -2.03. The Labute approximate surface area is 97.4 Å². The Balaban J connectivity index is 2.31. The molecule has 0 saturated heterocycles. The third-order valence-electron chi connectivity index (χ3n) is 1.81. The highest BCUT2D eigenvalue weighted by atomic mass is 127. The van der Waals surface area contributed by atoms with Crippen molar-refractivity contribution < 1.29 is 4.79 Å². The molecule has 2 N–H and O–H groups in total. The summed E-state index contributed by atoms with van der Waals surface area (Å²) in [5.41, 5.74) is 1.19. The van der Waals surface area contributed by atoms with Gasteiger partial charge in [-0.1, -0.05) is 12.1 Å². The number of carbonyl (C=O) groups excluding carboxylic acids is 1. The molecule has 76 valence electrons. The first-order valence-electron chi connectivity index (χ1n) is 4.38. The van der Waals surface area contributed by atoms with Crippen molar-refractivity contribution in [3.63, 3.8) is 0 Å². The maximum Gasteiger partial charge on any atom is 0.233 e. The number of benzene rings is 1. The zero-order valence-corrected chi connectivity index (χ0v) is 10.2. The van der Waals surface area contributed by atoms with E-state index in [1.54, 1.807) is 7.05 Å². The van der Waals surface area contributed by atoms with E-state index < -0.39 is 0 Å². The minimum atomic E-state index is 0.00973. The molecule has 0 bridgehead atoms. The van der Waals surface area contributed by atoms with Crippen LogP contribution < -0.4 is 10.6 Å². The van der Waals surface area contributed by atoms with Gasteiger partial charge in [0.25, 0.3) is 0 Å². The van der Waals surface area contributed by atoms with Gasteiger partial charge in [0.05, 0.1) is 6.54 Å². The molecule has 0 spiro atoms. The zero-order valence-electron chi connectivity index (χ0n) is 8.01. The molecule has 0 radical (unpaired) electrons. The van der Waals surface area contributed by atoms with Gasteiger partial charge >= 0.3 is 0 Å². The smallest absolute Gasteiger partial charge is 0.233 e. The second-order valence-electron chi connectivity index (χ2n) is 2.90. The van der Waals surface area contributed by atoms with Gasteiger partial charge in [0.15, 0.2) is 0 Å². The predicted molar refractivity (Wildman–Crippen MR) is 64.9 cm³/mol. The summed E-state index contributed by atoms with van der Waals surface area (Å²) in [6.07, 6.45) is 0. The maximum atomic E-state index is 10.9. The molecule has 0 aliphatic rings. The molecular weight excluding hydrogens is 291 g/mol. The Kier molecular flexibility index (Phi) is 4.89. The van der Waals surface area contributed by atoms with E-state index in [1.807, 2.05) is 0 Å². The number of hydrogen-bond donors (Lipinski definition) is 2. The van der Waals surface area contributed by atoms with E-state index in [0.717, 1.165) is 6.54 Å².